The van der Waals surface area contributed by atoms with Crippen molar-refractivity contribution in [1.29, 1.82) is 0 Å². The summed E-state index contributed by atoms with van der Waals surface area (Å²) < 4.78 is 1.35. The Bertz CT molecular complexity index is 507. The van der Waals surface area contributed by atoms with Crippen LogP contribution in [0.15, 0.2) is 18.3 Å². The lowest BCUT2D eigenvalue weighted by atomic mass is 10.4. The molecule has 0 aliphatic rings. The second-order valence-corrected chi connectivity index (χ2v) is 4.52. The van der Waals surface area contributed by atoms with Crippen LogP contribution < -0.4 is 0 Å². The van der Waals surface area contributed by atoms with E-state index in [1.54, 1.807) is 27.1 Å². The lowest BCUT2D eigenvalue weighted by Gasteiger charge is -2.22. The van der Waals surface area contributed by atoms with Gasteiger partial charge in [0.2, 0.25) is 11.8 Å². The van der Waals surface area contributed by atoms with Crippen LogP contribution in [0.2, 0.25) is 0 Å². The van der Waals surface area contributed by atoms with Crippen molar-refractivity contribution < 1.29 is 19.5 Å². The van der Waals surface area contributed by atoms with E-state index in [1.807, 2.05) is 0 Å². The van der Waals surface area contributed by atoms with Crippen LogP contribution in [-0.4, -0.2) is 64.4 Å². The summed E-state index contributed by atoms with van der Waals surface area (Å²) in [6.07, 6.45) is 1.53. The van der Waals surface area contributed by atoms with Gasteiger partial charge in [-0.15, -0.1) is 0 Å². The van der Waals surface area contributed by atoms with Gasteiger partial charge in [-0.25, -0.2) is 4.79 Å². The Labute approximate surface area is 117 Å². The topological polar surface area (TPSA) is 82.9 Å². The monoisotopic (exact) mass is 281 g/mol. The van der Waals surface area contributed by atoms with Gasteiger partial charge in [0.15, 0.2) is 0 Å². The van der Waals surface area contributed by atoms with Gasteiger partial charge in [0.25, 0.3) is 0 Å². The molecule has 0 aromatic carbocycles. The molecule has 1 N–H and O–H groups in total. The number of likely N-dealkylation sites (N-methyl/N-ethyl adjacent to an activating group) is 2. The molecule has 7 heteroatoms. The molecule has 7 nitrogen and oxygen atoms in total. The number of aromatic nitrogens is 1. The van der Waals surface area contributed by atoms with Gasteiger partial charge in [-0.3, -0.25) is 9.59 Å². The Morgan fingerprint density at radius 2 is 1.90 bits per heavy atom. The summed E-state index contributed by atoms with van der Waals surface area (Å²) in [5.41, 5.74) is 0.0494. The predicted molar refractivity (Wildman–Crippen MR) is 72.3 cm³/mol. The van der Waals surface area contributed by atoms with Crippen molar-refractivity contribution in [2.24, 2.45) is 0 Å². The standard InChI is InChI=1S/C13H19N3O4/c1-4-15(8-11(17)14(2)3)12(18)9-16-7-5-6-10(16)13(19)20/h5-7H,4,8-9H2,1-3H3,(H,19,20). The van der Waals surface area contributed by atoms with Gasteiger partial charge in [0.1, 0.15) is 12.2 Å². The van der Waals surface area contributed by atoms with E-state index in [0.717, 1.165) is 0 Å². The summed E-state index contributed by atoms with van der Waals surface area (Å²) in [6.45, 7) is 2.06. The van der Waals surface area contributed by atoms with Gasteiger partial charge < -0.3 is 19.5 Å². The van der Waals surface area contributed by atoms with E-state index >= 15 is 0 Å². The highest BCUT2D eigenvalue weighted by Crippen LogP contribution is 2.04. The van der Waals surface area contributed by atoms with Gasteiger partial charge >= 0.3 is 5.97 Å². The number of carbonyl (C=O) groups excluding carboxylic acids is 2. The van der Waals surface area contributed by atoms with Crippen molar-refractivity contribution >= 4 is 17.8 Å². The van der Waals surface area contributed by atoms with Crippen LogP contribution in [0.1, 0.15) is 17.4 Å². The Morgan fingerprint density at radius 3 is 2.40 bits per heavy atom. The summed E-state index contributed by atoms with van der Waals surface area (Å²) in [6, 6.07) is 2.99. The first-order valence-corrected chi connectivity index (χ1v) is 6.23. The second kappa shape index (κ2) is 6.74. The Hall–Kier alpha value is -2.31. The van der Waals surface area contributed by atoms with E-state index in [0.29, 0.717) is 6.54 Å². The van der Waals surface area contributed by atoms with Gasteiger partial charge in [0, 0.05) is 26.8 Å². The molecule has 2 amide bonds. The molecule has 0 aliphatic heterocycles. The molecule has 0 spiro atoms. The first-order chi connectivity index (χ1) is 9.36. The summed E-state index contributed by atoms with van der Waals surface area (Å²) in [5, 5.41) is 8.97. The molecular weight excluding hydrogens is 262 g/mol. The molecule has 0 fully saturated rings. The Kier molecular flexibility index (Phi) is 5.31. The first-order valence-electron chi connectivity index (χ1n) is 6.23. The lowest BCUT2D eigenvalue weighted by molar-refractivity contribution is -0.139. The van der Waals surface area contributed by atoms with Crippen LogP contribution in [0.25, 0.3) is 0 Å². The largest absolute Gasteiger partial charge is 0.477 e. The minimum absolute atomic E-state index is 0.00793. The van der Waals surface area contributed by atoms with E-state index in [-0.39, 0.29) is 30.6 Å². The van der Waals surface area contributed by atoms with Gasteiger partial charge in [0.05, 0.1) is 6.54 Å². The number of carbonyl (C=O) groups is 3. The first kappa shape index (κ1) is 15.7. The number of hydrogen-bond acceptors (Lipinski definition) is 3. The molecule has 20 heavy (non-hydrogen) atoms. The van der Waals surface area contributed by atoms with Crippen molar-refractivity contribution in [3.8, 4) is 0 Å². The summed E-state index contributed by atoms with van der Waals surface area (Å²) >= 11 is 0. The number of hydrogen-bond donors (Lipinski definition) is 1. The molecule has 0 saturated carbocycles. The molecule has 0 unspecified atom stereocenters. The van der Waals surface area contributed by atoms with E-state index in [9.17, 15) is 14.4 Å². The molecule has 1 aromatic rings. The highest BCUT2D eigenvalue weighted by molar-refractivity contribution is 5.88. The predicted octanol–water partition coefficient (Wildman–Crippen LogP) is 0.123. The summed E-state index contributed by atoms with van der Waals surface area (Å²) in [4.78, 5) is 37.5. The van der Waals surface area contributed by atoms with E-state index < -0.39 is 5.97 Å². The zero-order chi connectivity index (χ0) is 15.3. The van der Waals surface area contributed by atoms with Gasteiger partial charge in [-0.05, 0) is 19.1 Å². The van der Waals surface area contributed by atoms with Crippen LogP contribution in [0.5, 0.6) is 0 Å². The molecule has 0 atom stereocenters. The van der Waals surface area contributed by atoms with Crippen LogP contribution in [0.3, 0.4) is 0 Å². The molecule has 0 saturated heterocycles. The molecular formula is C13H19N3O4. The van der Waals surface area contributed by atoms with Crippen molar-refractivity contribution in [3.05, 3.63) is 24.0 Å². The average Bonchev–Trinajstić information content (AvgIpc) is 2.83. The van der Waals surface area contributed by atoms with Crippen LogP contribution >= 0.6 is 0 Å². The van der Waals surface area contributed by atoms with E-state index in [1.165, 1.54) is 26.6 Å². The van der Waals surface area contributed by atoms with Crippen molar-refractivity contribution in [2.75, 3.05) is 27.2 Å². The van der Waals surface area contributed by atoms with E-state index in [2.05, 4.69) is 0 Å². The fourth-order valence-corrected chi connectivity index (χ4v) is 1.67. The minimum atomic E-state index is -1.09. The van der Waals surface area contributed by atoms with Crippen molar-refractivity contribution in [2.45, 2.75) is 13.5 Å². The number of carboxylic acids is 1. The SMILES string of the molecule is CCN(CC(=O)N(C)C)C(=O)Cn1cccc1C(=O)O. The molecule has 1 heterocycles. The van der Waals surface area contributed by atoms with Gasteiger partial charge in [-0.1, -0.05) is 0 Å². The zero-order valence-corrected chi connectivity index (χ0v) is 11.9. The second-order valence-electron chi connectivity index (χ2n) is 4.52. The molecule has 0 bridgehead atoms. The van der Waals surface area contributed by atoms with Crippen LogP contribution in [-0.2, 0) is 16.1 Å². The lowest BCUT2D eigenvalue weighted by Crippen LogP contribution is -2.41. The summed E-state index contributed by atoms with van der Waals surface area (Å²) in [7, 11) is 3.24. The quantitative estimate of drug-likeness (QED) is 0.803. The third-order valence-corrected chi connectivity index (χ3v) is 2.91. The highest BCUT2D eigenvalue weighted by atomic mass is 16.4. The van der Waals surface area contributed by atoms with E-state index in [4.69, 9.17) is 5.11 Å². The number of aromatic carboxylic acids is 1. The fraction of sp³-hybridized carbons (Fsp3) is 0.462. The number of nitrogens with zero attached hydrogens (tertiary/aromatic N) is 3. The van der Waals surface area contributed by atoms with Crippen LogP contribution in [0, 0.1) is 0 Å². The third-order valence-electron chi connectivity index (χ3n) is 2.91. The Morgan fingerprint density at radius 1 is 1.25 bits per heavy atom. The maximum absolute atomic E-state index is 12.1. The number of carboxylic acid groups (broad SMARTS) is 1. The van der Waals surface area contributed by atoms with Crippen LogP contribution in [0.4, 0.5) is 0 Å². The molecule has 1 aromatic heterocycles. The zero-order valence-electron chi connectivity index (χ0n) is 11.9. The van der Waals surface area contributed by atoms with Crippen molar-refractivity contribution in [1.82, 2.24) is 14.4 Å². The number of amides is 2. The number of rotatable bonds is 6. The van der Waals surface area contributed by atoms with Gasteiger partial charge in [-0.2, -0.15) is 0 Å². The highest BCUT2D eigenvalue weighted by Gasteiger charge is 2.18. The normalized spacial score (nSPS) is 10.2. The molecule has 0 radical (unpaired) electrons. The maximum Gasteiger partial charge on any atom is 0.352 e. The average molecular weight is 281 g/mol. The Balaban J connectivity index is 2.75. The smallest absolute Gasteiger partial charge is 0.352 e. The maximum atomic E-state index is 12.1. The third kappa shape index (κ3) is 3.84. The minimum Gasteiger partial charge on any atom is -0.477 e. The molecule has 1 rings (SSSR count). The van der Waals surface area contributed by atoms with Crippen molar-refractivity contribution in [3.63, 3.8) is 0 Å². The summed E-state index contributed by atoms with van der Waals surface area (Å²) in [5.74, 6) is -1.55. The molecule has 110 valence electrons. The fourth-order valence-electron chi connectivity index (χ4n) is 1.67. The molecule has 0 aliphatic carbocycles.